The second-order valence-corrected chi connectivity index (χ2v) is 8.39. The van der Waals surface area contributed by atoms with Gasteiger partial charge < -0.3 is 10.2 Å². The van der Waals surface area contributed by atoms with E-state index in [0.717, 1.165) is 0 Å². The van der Waals surface area contributed by atoms with E-state index in [-0.39, 0.29) is 25.4 Å². The Morgan fingerprint density at radius 2 is 1.85 bits per heavy atom. The van der Waals surface area contributed by atoms with Gasteiger partial charge in [-0.1, -0.05) is 23.7 Å². The van der Waals surface area contributed by atoms with E-state index in [0.29, 0.717) is 10.6 Å². The van der Waals surface area contributed by atoms with Crippen molar-refractivity contribution in [2.45, 2.75) is 30.9 Å². The molecule has 0 amide bonds. The molecule has 1 aromatic carbocycles. The van der Waals surface area contributed by atoms with E-state index in [4.69, 9.17) is 11.6 Å². The van der Waals surface area contributed by atoms with E-state index >= 15 is 0 Å². The highest BCUT2D eigenvalue weighted by Crippen LogP contribution is 2.30. The zero-order chi connectivity index (χ0) is 15.4. The average Bonchev–Trinajstić information content (AvgIpc) is 2.40. The van der Waals surface area contributed by atoms with Crippen molar-refractivity contribution in [1.82, 2.24) is 0 Å². The van der Waals surface area contributed by atoms with Gasteiger partial charge in [0, 0.05) is 10.4 Å². The number of halogens is 1. The summed E-state index contributed by atoms with van der Waals surface area (Å²) in [6, 6.07) is 6.79. The summed E-state index contributed by atoms with van der Waals surface area (Å²) < 4.78 is 23.8. The number of aliphatic hydroxyl groups excluding tert-OH is 2. The number of rotatable bonds is 7. The molecule has 6 heteroatoms. The third-order valence-electron chi connectivity index (χ3n) is 3.63. The highest BCUT2D eigenvalue weighted by atomic mass is 35.5. The molecule has 0 spiro atoms. The van der Waals surface area contributed by atoms with Gasteiger partial charge in [-0.15, -0.1) is 0 Å². The molecule has 0 bridgehead atoms. The molecule has 0 atom stereocenters. The molecule has 114 valence electrons. The van der Waals surface area contributed by atoms with Crippen LogP contribution in [0.25, 0.3) is 0 Å². The van der Waals surface area contributed by atoms with Crippen molar-refractivity contribution in [2.75, 3.05) is 19.0 Å². The largest absolute Gasteiger partial charge is 0.395 e. The summed E-state index contributed by atoms with van der Waals surface area (Å²) in [5, 5.41) is 19.3. The number of sulfone groups is 1. The predicted molar refractivity (Wildman–Crippen MR) is 80.8 cm³/mol. The van der Waals surface area contributed by atoms with Crippen LogP contribution in [-0.2, 0) is 15.3 Å². The minimum Gasteiger partial charge on any atom is -0.395 e. The number of hydrogen-bond donors (Lipinski definition) is 2. The van der Waals surface area contributed by atoms with Crippen LogP contribution in [0.1, 0.15) is 25.8 Å². The van der Waals surface area contributed by atoms with Crippen molar-refractivity contribution in [3.63, 3.8) is 0 Å². The van der Waals surface area contributed by atoms with Crippen molar-refractivity contribution < 1.29 is 18.6 Å². The number of aliphatic hydroxyl groups is 2. The normalized spacial score (nSPS) is 12.9. The average molecular weight is 321 g/mol. The van der Waals surface area contributed by atoms with E-state index in [2.05, 4.69) is 0 Å². The van der Waals surface area contributed by atoms with Crippen LogP contribution in [0.15, 0.2) is 24.3 Å². The van der Waals surface area contributed by atoms with E-state index in [1.54, 1.807) is 38.1 Å². The quantitative estimate of drug-likeness (QED) is 0.803. The van der Waals surface area contributed by atoms with Gasteiger partial charge in [0.05, 0.1) is 24.2 Å². The van der Waals surface area contributed by atoms with Crippen molar-refractivity contribution in [3.8, 4) is 0 Å². The molecule has 0 unspecified atom stereocenters. The van der Waals surface area contributed by atoms with Crippen LogP contribution < -0.4 is 0 Å². The first kappa shape index (κ1) is 17.4. The smallest absolute Gasteiger partial charge is 0.152 e. The third kappa shape index (κ3) is 3.95. The third-order valence-corrected chi connectivity index (χ3v) is 6.07. The SMILES string of the molecule is CC(C)S(=O)(=O)CCC(CO)(CO)c1cccc(Cl)c1. The lowest BCUT2D eigenvalue weighted by Crippen LogP contribution is -2.37. The van der Waals surface area contributed by atoms with Gasteiger partial charge in [-0.05, 0) is 38.0 Å². The van der Waals surface area contributed by atoms with Gasteiger partial charge >= 0.3 is 0 Å². The summed E-state index contributed by atoms with van der Waals surface area (Å²) in [7, 11) is -3.22. The first-order valence-electron chi connectivity index (χ1n) is 6.47. The lowest BCUT2D eigenvalue weighted by Gasteiger charge is -2.30. The molecule has 0 saturated carbocycles. The summed E-state index contributed by atoms with van der Waals surface area (Å²) in [6.45, 7) is 2.57. The Bertz CT molecular complexity index is 536. The second kappa shape index (κ2) is 6.89. The molecule has 0 radical (unpaired) electrons. The Morgan fingerprint density at radius 1 is 1.25 bits per heavy atom. The van der Waals surface area contributed by atoms with Crippen LogP contribution in [0, 0.1) is 0 Å². The van der Waals surface area contributed by atoms with Crippen molar-refractivity contribution in [1.29, 1.82) is 0 Å². The van der Waals surface area contributed by atoms with Gasteiger partial charge in [-0.3, -0.25) is 0 Å². The minimum atomic E-state index is -3.22. The first-order valence-corrected chi connectivity index (χ1v) is 8.56. The minimum absolute atomic E-state index is 0.0850. The Labute approximate surface area is 125 Å². The second-order valence-electron chi connectivity index (χ2n) is 5.27. The molecule has 1 rings (SSSR count). The summed E-state index contributed by atoms with van der Waals surface area (Å²) in [4.78, 5) is 0. The summed E-state index contributed by atoms with van der Waals surface area (Å²) in [6.07, 6.45) is 0.154. The zero-order valence-corrected chi connectivity index (χ0v) is 13.3. The van der Waals surface area contributed by atoms with Gasteiger partial charge in [0.15, 0.2) is 9.84 Å². The molecule has 4 nitrogen and oxygen atoms in total. The molecule has 0 aliphatic rings. The maximum absolute atomic E-state index is 11.9. The van der Waals surface area contributed by atoms with E-state index in [9.17, 15) is 18.6 Å². The van der Waals surface area contributed by atoms with Crippen molar-refractivity contribution >= 4 is 21.4 Å². The first-order chi connectivity index (χ1) is 9.27. The molecule has 1 aromatic rings. The fourth-order valence-electron chi connectivity index (χ4n) is 1.93. The lowest BCUT2D eigenvalue weighted by atomic mass is 9.79. The standard InChI is InChI=1S/C14H21ClO4S/c1-11(2)20(18,19)7-6-14(9-16,10-17)12-4-3-5-13(15)8-12/h3-5,8,11,16-17H,6-7,9-10H2,1-2H3. The molecule has 0 heterocycles. The molecule has 0 aliphatic heterocycles. The highest BCUT2D eigenvalue weighted by molar-refractivity contribution is 7.91. The van der Waals surface area contributed by atoms with E-state index < -0.39 is 20.5 Å². The number of benzene rings is 1. The van der Waals surface area contributed by atoms with Crippen LogP contribution >= 0.6 is 11.6 Å². The fourth-order valence-corrected chi connectivity index (χ4v) is 3.26. The maximum Gasteiger partial charge on any atom is 0.152 e. The zero-order valence-electron chi connectivity index (χ0n) is 11.7. The van der Waals surface area contributed by atoms with Crippen LogP contribution in [-0.4, -0.2) is 42.8 Å². The molecular weight excluding hydrogens is 300 g/mol. The van der Waals surface area contributed by atoms with E-state index in [1.807, 2.05) is 0 Å². The summed E-state index contributed by atoms with van der Waals surface area (Å²) in [5.74, 6) is -0.0850. The Morgan fingerprint density at radius 3 is 2.30 bits per heavy atom. The summed E-state index contributed by atoms with van der Waals surface area (Å²) >= 11 is 5.92. The molecule has 0 aromatic heterocycles. The molecule has 0 aliphatic carbocycles. The molecule has 0 saturated heterocycles. The predicted octanol–water partition coefficient (Wildman–Crippen LogP) is 1.78. The lowest BCUT2D eigenvalue weighted by molar-refractivity contribution is 0.114. The Kier molecular flexibility index (Phi) is 6.01. The van der Waals surface area contributed by atoms with Gasteiger partial charge in [0.25, 0.3) is 0 Å². The molecule has 0 fully saturated rings. The molecule has 20 heavy (non-hydrogen) atoms. The summed E-state index contributed by atoms with van der Waals surface area (Å²) in [5.41, 5.74) is -0.346. The van der Waals surface area contributed by atoms with Crippen molar-refractivity contribution in [2.24, 2.45) is 0 Å². The van der Waals surface area contributed by atoms with E-state index in [1.165, 1.54) is 0 Å². The van der Waals surface area contributed by atoms with Crippen LogP contribution in [0.3, 0.4) is 0 Å². The Balaban J connectivity index is 3.05. The van der Waals surface area contributed by atoms with Crippen LogP contribution in [0.2, 0.25) is 5.02 Å². The highest BCUT2D eigenvalue weighted by Gasteiger charge is 2.33. The van der Waals surface area contributed by atoms with Gasteiger partial charge in [-0.2, -0.15) is 0 Å². The van der Waals surface area contributed by atoms with Gasteiger partial charge in [0.2, 0.25) is 0 Å². The Hall–Kier alpha value is -0.620. The van der Waals surface area contributed by atoms with Crippen LogP contribution in [0.5, 0.6) is 0 Å². The van der Waals surface area contributed by atoms with Crippen LogP contribution in [0.4, 0.5) is 0 Å². The molecular formula is C14H21ClO4S. The van der Waals surface area contributed by atoms with Gasteiger partial charge in [0.1, 0.15) is 0 Å². The molecule has 2 N–H and O–H groups in total. The van der Waals surface area contributed by atoms with Crippen molar-refractivity contribution in [3.05, 3.63) is 34.9 Å². The van der Waals surface area contributed by atoms with Gasteiger partial charge in [-0.25, -0.2) is 8.42 Å². The monoisotopic (exact) mass is 320 g/mol. The maximum atomic E-state index is 11.9. The topological polar surface area (TPSA) is 74.6 Å². The fraction of sp³-hybridized carbons (Fsp3) is 0.571. The number of hydrogen-bond acceptors (Lipinski definition) is 4.